The van der Waals surface area contributed by atoms with Gasteiger partial charge in [-0.1, -0.05) is 29.8 Å². The summed E-state index contributed by atoms with van der Waals surface area (Å²) in [4.78, 5) is 17.2. The second-order valence-corrected chi connectivity index (χ2v) is 7.54. The molecule has 4 rings (SSSR count). The van der Waals surface area contributed by atoms with E-state index in [1.165, 1.54) is 12.1 Å². The normalized spacial score (nSPS) is 10.5. The Hall–Kier alpha value is -3.90. The molecule has 3 aromatic carbocycles. The molecule has 0 aliphatic rings. The number of ether oxygens (including phenoxy) is 2. The predicted octanol–water partition coefficient (Wildman–Crippen LogP) is 6.48. The van der Waals surface area contributed by atoms with E-state index in [1.807, 2.05) is 48.5 Å². The first kappa shape index (κ1) is 22.3. The minimum absolute atomic E-state index is 0.100. The maximum atomic E-state index is 13.3. The molecule has 0 radical (unpaired) electrons. The molecule has 0 bridgehead atoms. The van der Waals surface area contributed by atoms with Gasteiger partial charge in [0.15, 0.2) is 0 Å². The number of hydrogen-bond donors (Lipinski definition) is 1. The average Bonchev–Trinajstić information content (AvgIpc) is 2.85. The molecule has 1 N–H and O–H groups in total. The molecule has 33 heavy (non-hydrogen) atoms. The topological polar surface area (TPSA) is 60.5 Å². The number of nitrogens with one attached hydrogen (secondary N) is 1. The third-order valence-corrected chi connectivity index (χ3v) is 5.34. The molecule has 166 valence electrons. The second kappa shape index (κ2) is 9.71. The summed E-state index contributed by atoms with van der Waals surface area (Å²) in [5.41, 5.74) is 4.07. The third kappa shape index (κ3) is 4.96. The molecule has 0 fully saturated rings. The quantitative estimate of drug-likeness (QED) is 0.356. The summed E-state index contributed by atoms with van der Waals surface area (Å²) < 4.78 is 24.1. The van der Waals surface area contributed by atoms with Gasteiger partial charge in [-0.15, -0.1) is 0 Å². The lowest BCUT2D eigenvalue weighted by Gasteiger charge is -2.11. The van der Waals surface area contributed by atoms with E-state index < -0.39 is 5.82 Å². The van der Waals surface area contributed by atoms with Crippen molar-refractivity contribution in [2.24, 2.45) is 0 Å². The minimum Gasteiger partial charge on any atom is -0.497 e. The molecular weight excluding hydrogens is 443 g/mol. The van der Waals surface area contributed by atoms with Gasteiger partial charge < -0.3 is 14.8 Å². The van der Waals surface area contributed by atoms with Crippen molar-refractivity contribution in [3.05, 3.63) is 95.3 Å². The number of pyridine rings is 1. The van der Waals surface area contributed by atoms with Crippen LogP contribution < -0.4 is 14.8 Å². The van der Waals surface area contributed by atoms with Crippen molar-refractivity contribution in [1.82, 2.24) is 4.98 Å². The predicted molar refractivity (Wildman–Crippen MR) is 128 cm³/mol. The van der Waals surface area contributed by atoms with E-state index in [1.54, 1.807) is 26.4 Å². The first-order valence-electron chi connectivity index (χ1n) is 10.0. The van der Waals surface area contributed by atoms with Crippen molar-refractivity contribution in [3.8, 4) is 34.0 Å². The fraction of sp³-hybridized carbons (Fsp3) is 0.0769. The largest absolute Gasteiger partial charge is 0.497 e. The second-order valence-electron chi connectivity index (χ2n) is 7.13. The van der Waals surface area contributed by atoms with Crippen molar-refractivity contribution < 1.29 is 18.7 Å². The fourth-order valence-electron chi connectivity index (χ4n) is 3.32. The first-order chi connectivity index (χ1) is 16.0. The van der Waals surface area contributed by atoms with E-state index in [-0.39, 0.29) is 16.5 Å². The van der Waals surface area contributed by atoms with Crippen LogP contribution in [0, 0.1) is 5.82 Å². The molecule has 0 atom stereocenters. The average molecular weight is 463 g/mol. The van der Waals surface area contributed by atoms with Gasteiger partial charge in [0.2, 0.25) is 0 Å². The Morgan fingerprint density at radius 3 is 2.36 bits per heavy atom. The zero-order chi connectivity index (χ0) is 23.4. The lowest BCUT2D eigenvalue weighted by Crippen LogP contribution is -2.11. The number of rotatable bonds is 6. The Labute approximate surface area is 195 Å². The highest BCUT2D eigenvalue weighted by molar-refractivity contribution is 6.31. The summed E-state index contributed by atoms with van der Waals surface area (Å²) in [5, 5.41) is 2.68. The van der Waals surface area contributed by atoms with Gasteiger partial charge in [0.1, 0.15) is 17.3 Å². The van der Waals surface area contributed by atoms with E-state index >= 15 is 0 Å². The van der Waals surface area contributed by atoms with E-state index in [0.29, 0.717) is 17.2 Å². The van der Waals surface area contributed by atoms with Crippen LogP contribution in [0.3, 0.4) is 0 Å². The molecular formula is C26H20ClFN2O3. The Kier molecular flexibility index (Phi) is 6.56. The monoisotopic (exact) mass is 462 g/mol. The lowest BCUT2D eigenvalue weighted by molar-refractivity contribution is 0.102. The Morgan fingerprint density at radius 1 is 0.909 bits per heavy atom. The van der Waals surface area contributed by atoms with Crippen LogP contribution in [0.25, 0.3) is 22.5 Å². The SMILES string of the molecule is COc1ccc(OC)c(-c2cccc(-c3ccc(NC(=O)c4ccc(F)c(Cl)c4)cc3)n2)c1. The van der Waals surface area contributed by atoms with Crippen molar-refractivity contribution in [2.75, 3.05) is 19.5 Å². The highest BCUT2D eigenvalue weighted by atomic mass is 35.5. The molecule has 1 aromatic heterocycles. The Bertz CT molecular complexity index is 1310. The van der Waals surface area contributed by atoms with Gasteiger partial charge in [0.25, 0.3) is 5.91 Å². The summed E-state index contributed by atoms with van der Waals surface area (Å²) in [6.07, 6.45) is 0. The number of carbonyl (C=O) groups excluding carboxylic acids is 1. The highest BCUT2D eigenvalue weighted by Crippen LogP contribution is 2.33. The number of nitrogens with zero attached hydrogens (tertiary/aromatic N) is 1. The van der Waals surface area contributed by atoms with Gasteiger partial charge in [-0.25, -0.2) is 9.37 Å². The summed E-state index contributed by atoms with van der Waals surface area (Å²) >= 11 is 5.77. The van der Waals surface area contributed by atoms with E-state index in [4.69, 9.17) is 26.1 Å². The molecule has 0 spiro atoms. The van der Waals surface area contributed by atoms with Crippen LogP contribution in [0.2, 0.25) is 5.02 Å². The smallest absolute Gasteiger partial charge is 0.255 e. The van der Waals surface area contributed by atoms with Crippen molar-refractivity contribution >= 4 is 23.2 Å². The summed E-state index contributed by atoms with van der Waals surface area (Å²) in [7, 11) is 3.22. The van der Waals surface area contributed by atoms with Gasteiger partial charge in [-0.3, -0.25) is 4.79 Å². The van der Waals surface area contributed by atoms with Crippen LogP contribution in [0.15, 0.2) is 78.9 Å². The number of aromatic nitrogens is 1. The highest BCUT2D eigenvalue weighted by Gasteiger charge is 2.12. The summed E-state index contributed by atoms with van der Waals surface area (Å²) in [6, 6.07) is 22.4. The van der Waals surface area contributed by atoms with Crippen LogP contribution in [0.1, 0.15) is 10.4 Å². The molecule has 0 saturated heterocycles. The molecule has 1 heterocycles. The molecule has 0 aliphatic heterocycles. The number of hydrogen-bond acceptors (Lipinski definition) is 4. The van der Waals surface area contributed by atoms with E-state index in [0.717, 1.165) is 28.6 Å². The van der Waals surface area contributed by atoms with Gasteiger partial charge >= 0.3 is 0 Å². The van der Waals surface area contributed by atoms with Crippen LogP contribution in [0.4, 0.5) is 10.1 Å². The van der Waals surface area contributed by atoms with Gasteiger partial charge in [-0.2, -0.15) is 0 Å². The molecule has 1 amide bonds. The number of benzene rings is 3. The zero-order valence-electron chi connectivity index (χ0n) is 17.9. The lowest BCUT2D eigenvalue weighted by atomic mass is 10.1. The number of methoxy groups -OCH3 is 2. The molecule has 7 heteroatoms. The molecule has 4 aromatic rings. The van der Waals surface area contributed by atoms with Crippen molar-refractivity contribution in [1.29, 1.82) is 0 Å². The van der Waals surface area contributed by atoms with Crippen LogP contribution >= 0.6 is 11.6 Å². The number of halogens is 2. The Balaban J connectivity index is 1.56. The van der Waals surface area contributed by atoms with Gasteiger partial charge in [0, 0.05) is 22.4 Å². The zero-order valence-corrected chi connectivity index (χ0v) is 18.7. The van der Waals surface area contributed by atoms with Crippen LogP contribution in [-0.2, 0) is 0 Å². The fourth-order valence-corrected chi connectivity index (χ4v) is 3.51. The summed E-state index contributed by atoms with van der Waals surface area (Å²) in [6.45, 7) is 0. The molecule has 0 unspecified atom stereocenters. The Morgan fingerprint density at radius 2 is 1.67 bits per heavy atom. The molecule has 0 aliphatic carbocycles. The molecule has 0 saturated carbocycles. The van der Waals surface area contributed by atoms with Gasteiger partial charge in [0.05, 0.1) is 30.6 Å². The van der Waals surface area contributed by atoms with Crippen LogP contribution in [0.5, 0.6) is 11.5 Å². The number of carbonyl (C=O) groups is 1. The van der Waals surface area contributed by atoms with Gasteiger partial charge in [-0.05, 0) is 60.7 Å². The molecule has 5 nitrogen and oxygen atoms in total. The van der Waals surface area contributed by atoms with Crippen LogP contribution in [-0.4, -0.2) is 25.1 Å². The first-order valence-corrected chi connectivity index (χ1v) is 10.4. The van der Waals surface area contributed by atoms with Crippen molar-refractivity contribution in [3.63, 3.8) is 0 Å². The van der Waals surface area contributed by atoms with Crippen molar-refractivity contribution in [2.45, 2.75) is 0 Å². The standard InChI is InChI=1S/C26H20ClFN2O3/c1-32-19-11-13-25(33-2)20(15-19)24-5-3-4-23(30-24)16-6-9-18(10-7-16)29-26(31)17-8-12-22(28)21(27)14-17/h3-15H,1-2H3,(H,29,31). The summed E-state index contributed by atoms with van der Waals surface area (Å²) in [5.74, 6) is 0.453. The minimum atomic E-state index is -0.570. The maximum Gasteiger partial charge on any atom is 0.255 e. The number of amides is 1. The maximum absolute atomic E-state index is 13.3. The third-order valence-electron chi connectivity index (χ3n) is 5.05. The van der Waals surface area contributed by atoms with E-state index in [2.05, 4.69) is 5.32 Å². The van der Waals surface area contributed by atoms with E-state index in [9.17, 15) is 9.18 Å². The number of anilines is 1.